The Labute approximate surface area is 110 Å². The molecule has 1 N–H and O–H groups in total. The molecule has 1 amide bonds. The predicted octanol–water partition coefficient (Wildman–Crippen LogP) is 1.44. The van der Waals surface area contributed by atoms with Crippen molar-refractivity contribution < 1.29 is 14.1 Å². The largest absolute Gasteiger partial charge is 0.376 e. The van der Waals surface area contributed by atoms with Crippen LogP contribution >= 0.6 is 0 Å². The zero-order valence-corrected chi connectivity index (χ0v) is 10.7. The van der Waals surface area contributed by atoms with Gasteiger partial charge in [0.15, 0.2) is 0 Å². The molecule has 0 aromatic carbocycles. The Morgan fingerprint density at radius 2 is 2.47 bits per heavy atom. The van der Waals surface area contributed by atoms with Gasteiger partial charge in [-0.05, 0) is 25.8 Å². The number of rotatable bonds is 3. The van der Waals surface area contributed by atoms with Crippen LogP contribution in [0.1, 0.15) is 28.9 Å². The molecular formula is C13H15N3O3. The number of pyridine rings is 1. The number of nitrogens with one attached hydrogen (secondary N) is 1. The molecule has 6 nitrogen and oxygen atoms in total. The van der Waals surface area contributed by atoms with Crippen LogP contribution in [0.4, 0.5) is 0 Å². The van der Waals surface area contributed by atoms with E-state index in [-0.39, 0.29) is 12.0 Å². The molecule has 1 saturated heterocycles. The number of aromatic nitrogens is 2. The summed E-state index contributed by atoms with van der Waals surface area (Å²) in [6, 6.07) is 1.75. The molecule has 1 fully saturated rings. The van der Waals surface area contributed by atoms with Gasteiger partial charge in [0.1, 0.15) is 0 Å². The maximum atomic E-state index is 12.0. The fourth-order valence-corrected chi connectivity index (χ4v) is 2.18. The minimum atomic E-state index is -0.148. The van der Waals surface area contributed by atoms with Gasteiger partial charge in [0.25, 0.3) is 11.6 Å². The summed E-state index contributed by atoms with van der Waals surface area (Å²) in [6.07, 6.45) is 3.70. The third-order valence-electron chi connectivity index (χ3n) is 3.29. The van der Waals surface area contributed by atoms with Crippen LogP contribution in [0.2, 0.25) is 0 Å². The average molecular weight is 261 g/mol. The van der Waals surface area contributed by atoms with Crippen LogP contribution in [-0.2, 0) is 4.74 Å². The van der Waals surface area contributed by atoms with Crippen molar-refractivity contribution in [3.05, 3.63) is 23.5 Å². The summed E-state index contributed by atoms with van der Waals surface area (Å²) in [7, 11) is 0. The molecular weight excluding hydrogens is 246 g/mol. The fourth-order valence-electron chi connectivity index (χ4n) is 2.18. The van der Waals surface area contributed by atoms with Gasteiger partial charge in [0, 0.05) is 19.3 Å². The number of aryl methyl sites for hydroxylation is 1. The van der Waals surface area contributed by atoms with Crippen LogP contribution in [-0.4, -0.2) is 35.3 Å². The second kappa shape index (κ2) is 4.97. The molecule has 19 heavy (non-hydrogen) atoms. The lowest BCUT2D eigenvalue weighted by molar-refractivity contribution is 0.0857. The van der Waals surface area contributed by atoms with Crippen LogP contribution in [0.15, 0.2) is 16.8 Å². The summed E-state index contributed by atoms with van der Waals surface area (Å²) in [4.78, 5) is 16.1. The summed E-state index contributed by atoms with van der Waals surface area (Å²) in [5.74, 6) is -0.148. The Bertz CT molecular complexity index is 602. The molecule has 0 saturated carbocycles. The second-order valence-electron chi connectivity index (χ2n) is 4.69. The van der Waals surface area contributed by atoms with Gasteiger partial charge in [0.05, 0.1) is 22.7 Å². The van der Waals surface area contributed by atoms with E-state index < -0.39 is 0 Å². The van der Waals surface area contributed by atoms with E-state index in [1.54, 1.807) is 6.07 Å². The highest BCUT2D eigenvalue weighted by Crippen LogP contribution is 2.17. The maximum Gasteiger partial charge on any atom is 0.257 e. The summed E-state index contributed by atoms with van der Waals surface area (Å²) < 4.78 is 10.5. The Morgan fingerprint density at radius 1 is 1.58 bits per heavy atom. The van der Waals surface area contributed by atoms with E-state index in [0.29, 0.717) is 17.8 Å². The standard InChI is InChI=1S/C13H15N3O3/c1-8-11-5-9(6-15-13(11)19-16-8)12(17)14-7-10-3-2-4-18-10/h5-6,10H,2-4,7H2,1H3,(H,14,17)/t10-/m1/s1. The Kier molecular flexibility index (Phi) is 3.16. The fraction of sp³-hybridized carbons (Fsp3) is 0.462. The van der Waals surface area contributed by atoms with Crippen molar-refractivity contribution in [1.29, 1.82) is 0 Å². The number of hydrogen-bond acceptors (Lipinski definition) is 5. The molecule has 2 aromatic heterocycles. The molecule has 0 aliphatic carbocycles. The van der Waals surface area contributed by atoms with Gasteiger partial charge in [-0.2, -0.15) is 0 Å². The lowest BCUT2D eigenvalue weighted by atomic mass is 10.2. The van der Waals surface area contributed by atoms with Crippen LogP contribution in [0.25, 0.3) is 11.1 Å². The summed E-state index contributed by atoms with van der Waals surface area (Å²) in [6.45, 7) is 3.15. The second-order valence-corrected chi connectivity index (χ2v) is 4.69. The van der Waals surface area contributed by atoms with Crippen molar-refractivity contribution in [1.82, 2.24) is 15.5 Å². The first-order valence-corrected chi connectivity index (χ1v) is 6.36. The van der Waals surface area contributed by atoms with Gasteiger partial charge in [-0.15, -0.1) is 0 Å². The number of hydrogen-bond donors (Lipinski definition) is 1. The van der Waals surface area contributed by atoms with Crippen molar-refractivity contribution in [2.75, 3.05) is 13.2 Å². The van der Waals surface area contributed by atoms with E-state index in [0.717, 1.165) is 30.5 Å². The third-order valence-corrected chi connectivity index (χ3v) is 3.29. The smallest absolute Gasteiger partial charge is 0.257 e. The molecule has 0 spiro atoms. The normalized spacial score (nSPS) is 18.9. The predicted molar refractivity (Wildman–Crippen MR) is 67.8 cm³/mol. The Hall–Kier alpha value is -1.95. The molecule has 0 bridgehead atoms. The molecule has 1 aliphatic rings. The molecule has 0 unspecified atom stereocenters. The highest BCUT2D eigenvalue weighted by Gasteiger charge is 2.17. The van der Waals surface area contributed by atoms with Crippen LogP contribution in [0.3, 0.4) is 0 Å². The van der Waals surface area contributed by atoms with Gasteiger partial charge in [-0.3, -0.25) is 4.79 Å². The average Bonchev–Trinajstić information content (AvgIpc) is 3.06. The minimum absolute atomic E-state index is 0.137. The highest BCUT2D eigenvalue weighted by atomic mass is 16.5. The quantitative estimate of drug-likeness (QED) is 0.904. The van der Waals surface area contributed by atoms with Gasteiger partial charge < -0.3 is 14.6 Å². The highest BCUT2D eigenvalue weighted by molar-refractivity contribution is 5.96. The lowest BCUT2D eigenvalue weighted by Gasteiger charge is -2.10. The molecule has 6 heteroatoms. The van der Waals surface area contributed by atoms with E-state index in [4.69, 9.17) is 9.26 Å². The lowest BCUT2D eigenvalue weighted by Crippen LogP contribution is -2.31. The number of carbonyl (C=O) groups is 1. The number of nitrogens with zero attached hydrogens (tertiary/aromatic N) is 2. The number of fused-ring (bicyclic) bond motifs is 1. The van der Waals surface area contributed by atoms with Crippen molar-refractivity contribution in [2.45, 2.75) is 25.9 Å². The summed E-state index contributed by atoms with van der Waals surface area (Å²) in [5.41, 5.74) is 1.70. The minimum Gasteiger partial charge on any atom is -0.376 e. The van der Waals surface area contributed by atoms with Crippen molar-refractivity contribution in [3.8, 4) is 0 Å². The number of carbonyl (C=O) groups excluding carboxylic acids is 1. The Morgan fingerprint density at radius 3 is 3.26 bits per heavy atom. The molecule has 1 aliphatic heterocycles. The van der Waals surface area contributed by atoms with Crippen molar-refractivity contribution in [3.63, 3.8) is 0 Å². The van der Waals surface area contributed by atoms with Gasteiger partial charge in [-0.25, -0.2) is 4.98 Å². The van der Waals surface area contributed by atoms with E-state index in [2.05, 4.69) is 15.5 Å². The van der Waals surface area contributed by atoms with Gasteiger partial charge in [-0.1, -0.05) is 5.16 Å². The van der Waals surface area contributed by atoms with Crippen LogP contribution in [0, 0.1) is 6.92 Å². The van der Waals surface area contributed by atoms with Gasteiger partial charge >= 0.3 is 0 Å². The third kappa shape index (κ3) is 2.44. The van der Waals surface area contributed by atoms with Crippen molar-refractivity contribution in [2.24, 2.45) is 0 Å². The molecule has 0 radical (unpaired) electrons. The van der Waals surface area contributed by atoms with E-state index >= 15 is 0 Å². The zero-order chi connectivity index (χ0) is 13.2. The van der Waals surface area contributed by atoms with Crippen LogP contribution in [0.5, 0.6) is 0 Å². The first-order chi connectivity index (χ1) is 9.24. The topological polar surface area (TPSA) is 77.2 Å². The molecule has 100 valence electrons. The van der Waals surface area contributed by atoms with E-state index in [1.165, 1.54) is 6.20 Å². The summed E-state index contributed by atoms with van der Waals surface area (Å²) in [5, 5.41) is 7.45. The molecule has 3 rings (SSSR count). The van der Waals surface area contributed by atoms with Crippen LogP contribution < -0.4 is 5.32 Å². The first kappa shape index (κ1) is 12.1. The molecule has 1 atom stereocenters. The Balaban J connectivity index is 1.71. The molecule has 3 heterocycles. The monoisotopic (exact) mass is 261 g/mol. The maximum absolute atomic E-state index is 12.0. The van der Waals surface area contributed by atoms with E-state index in [1.807, 2.05) is 6.92 Å². The van der Waals surface area contributed by atoms with Crippen molar-refractivity contribution >= 4 is 17.0 Å². The number of amides is 1. The SMILES string of the molecule is Cc1noc2ncc(C(=O)NC[C@H]3CCCO3)cc12. The molecule has 2 aromatic rings. The van der Waals surface area contributed by atoms with E-state index in [9.17, 15) is 4.79 Å². The van der Waals surface area contributed by atoms with Gasteiger partial charge in [0.2, 0.25) is 0 Å². The zero-order valence-electron chi connectivity index (χ0n) is 10.7. The first-order valence-electron chi connectivity index (χ1n) is 6.36. The summed E-state index contributed by atoms with van der Waals surface area (Å²) >= 11 is 0. The number of ether oxygens (including phenoxy) is 1.